The fourth-order valence-electron chi connectivity index (χ4n) is 5.15. The van der Waals surface area contributed by atoms with Gasteiger partial charge in [0.05, 0.1) is 38.9 Å². The first-order valence-corrected chi connectivity index (χ1v) is 18.3. The molecule has 10 heteroatoms. The van der Waals surface area contributed by atoms with Gasteiger partial charge in [0, 0.05) is 37.7 Å². The van der Waals surface area contributed by atoms with E-state index in [9.17, 15) is 9.18 Å². The number of carbonyl (C=O) groups excluding carboxylic acids is 1. The van der Waals surface area contributed by atoms with Gasteiger partial charge in [-0.1, -0.05) is 56.0 Å². The van der Waals surface area contributed by atoms with Gasteiger partial charge in [-0.05, 0) is 35.9 Å². The smallest absolute Gasteiger partial charge is 0.232 e. The summed E-state index contributed by atoms with van der Waals surface area (Å²) in [5.74, 6) is 0.0423. The van der Waals surface area contributed by atoms with Crippen LogP contribution in [-0.4, -0.2) is 57.1 Å². The zero-order valence-corrected chi connectivity index (χ0v) is 26.4. The van der Waals surface area contributed by atoms with Gasteiger partial charge in [-0.25, -0.2) is 9.37 Å². The predicted octanol–water partition coefficient (Wildman–Crippen LogP) is 6.77. The number of benzene rings is 2. The molecule has 4 aromatic rings. The molecule has 0 radical (unpaired) electrons. The first-order chi connectivity index (χ1) is 20.7. The van der Waals surface area contributed by atoms with Crippen molar-refractivity contribution in [1.29, 1.82) is 0 Å². The Morgan fingerprint density at radius 3 is 2.37 bits per heavy atom. The maximum atomic E-state index is 14.6. The molecule has 3 atom stereocenters. The number of hydrogen-bond donors (Lipinski definition) is 1. The fraction of sp³-hybridized carbons (Fsp3) is 0.394. The summed E-state index contributed by atoms with van der Waals surface area (Å²) in [5, 5.41) is 3.67. The molecule has 0 saturated heterocycles. The third-order valence-corrected chi connectivity index (χ3v) is 9.40. The molecule has 0 spiro atoms. The van der Waals surface area contributed by atoms with Crippen LogP contribution >= 0.6 is 0 Å². The van der Waals surface area contributed by atoms with Crippen molar-refractivity contribution in [3.8, 4) is 22.6 Å². The minimum Gasteiger partial charge on any atom is -0.496 e. The van der Waals surface area contributed by atoms with Crippen molar-refractivity contribution < 1.29 is 28.1 Å². The Bertz CT molecular complexity index is 1530. The third-order valence-electron chi connectivity index (χ3n) is 7.69. The number of methoxy groups -OCH3 is 2. The third kappa shape index (κ3) is 7.26. The van der Waals surface area contributed by atoms with Gasteiger partial charge in [0.1, 0.15) is 35.9 Å². The number of pyridine rings is 1. The quantitative estimate of drug-likeness (QED) is 0.126. The molecule has 228 valence electrons. The van der Waals surface area contributed by atoms with E-state index in [1.54, 1.807) is 20.3 Å². The van der Waals surface area contributed by atoms with Gasteiger partial charge in [0.15, 0.2) is 0 Å². The molecule has 1 N–H and O–H groups in total. The number of amides is 1. The van der Waals surface area contributed by atoms with Crippen LogP contribution in [-0.2, 0) is 27.6 Å². The minimum absolute atomic E-state index is 0.183. The van der Waals surface area contributed by atoms with Crippen molar-refractivity contribution in [3.63, 3.8) is 0 Å². The van der Waals surface area contributed by atoms with Crippen LogP contribution < -0.4 is 14.8 Å². The van der Waals surface area contributed by atoms with E-state index in [0.29, 0.717) is 42.9 Å². The molecule has 1 fully saturated rings. The van der Waals surface area contributed by atoms with Crippen molar-refractivity contribution in [2.45, 2.75) is 45.2 Å². The van der Waals surface area contributed by atoms with E-state index in [1.807, 2.05) is 65.4 Å². The van der Waals surface area contributed by atoms with Crippen molar-refractivity contribution >= 4 is 30.8 Å². The van der Waals surface area contributed by atoms with Gasteiger partial charge < -0.3 is 28.8 Å². The van der Waals surface area contributed by atoms with Crippen LogP contribution in [0.25, 0.3) is 22.2 Å². The molecular weight excluding hydrogens is 565 g/mol. The van der Waals surface area contributed by atoms with Crippen LogP contribution in [0.5, 0.6) is 11.5 Å². The second kappa shape index (κ2) is 13.3. The van der Waals surface area contributed by atoms with Gasteiger partial charge in [0.2, 0.25) is 5.91 Å². The second-order valence-electron chi connectivity index (χ2n) is 12.1. The summed E-state index contributed by atoms with van der Waals surface area (Å²) in [5.41, 5.74) is 3.30. The monoisotopic (exact) mass is 605 g/mol. The average molecular weight is 606 g/mol. The number of aromatic nitrogens is 2. The largest absolute Gasteiger partial charge is 0.496 e. The number of anilines is 1. The molecule has 1 saturated carbocycles. The minimum atomic E-state index is -1.26. The molecule has 43 heavy (non-hydrogen) atoms. The van der Waals surface area contributed by atoms with E-state index in [1.165, 1.54) is 0 Å². The highest BCUT2D eigenvalue weighted by Gasteiger charge is 2.56. The summed E-state index contributed by atoms with van der Waals surface area (Å²) in [6.45, 7) is 8.43. The SMILES string of the molecule is COc1cccc(OC)c1-c1cn(COCC[Si](C)(C)C)c2nc(NC(=O)C3C(F)C3COCc3ccccc3)ccc12. The van der Waals surface area contributed by atoms with Crippen LogP contribution in [0.3, 0.4) is 0 Å². The Balaban J connectivity index is 1.35. The predicted molar refractivity (Wildman–Crippen MR) is 169 cm³/mol. The number of hydrogen-bond acceptors (Lipinski definition) is 6. The molecular formula is C33H40FN3O5Si. The topological polar surface area (TPSA) is 83.8 Å². The summed E-state index contributed by atoms with van der Waals surface area (Å²) in [7, 11) is 1.99. The number of nitrogens with one attached hydrogen (secondary N) is 1. The standard InChI is InChI=1S/C33H40FN3O5Si/c1-39-26-12-9-13-27(40-2)29(26)24-18-37(21-41-16-17-43(3,4)5)32-23(24)14-15-28(35-32)36-33(38)30-25(31(30)34)20-42-19-22-10-7-6-8-11-22/h6-15,18,25,30-31H,16-17,19-21H2,1-5H3,(H,35,36,38). The molecule has 2 aromatic carbocycles. The van der Waals surface area contributed by atoms with E-state index < -0.39 is 32.0 Å². The zero-order valence-electron chi connectivity index (χ0n) is 25.4. The van der Waals surface area contributed by atoms with Crippen LogP contribution in [0.1, 0.15) is 5.56 Å². The van der Waals surface area contributed by atoms with E-state index in [4.69, 9.17) is 23.9 Å². The Labute approximate surface area is 253 Å². The Morgan fingerprint density at radius 2 is 1.70 bits per heavy atom. The number of carbonyl (C=O) groups is 1. The van der Waals surface area contributed by atoms with Gasteiger partial charge in [0.25, 0.3) is 0 Å². The van der Waals surface area contributed by atoms with Crippen molar-refractivity contribution in [2.75, 3.05) is 32.8 Å². The van der Waals surface area contributed by atoms with Crippen molar-refractivity contribution in [1.82, 2.24) is 9.55 Å². The lowest BCUT2D eigenvalue weighted by Gasteiger charge is -2.15. The lowest BCUT2D eigenvalue weighted by atomic mass is 10.0. The second-order valence-corrected chi connectivity index (χ2v) is 17.7. The molecule has 1 aliphatic carbocycles. The highest BCUT2D eigenvalue weighted by atomic mass is 28.3. The molecule has 3 unspecified atom stereocenters. The van der Waals surface area contributed by atoms with Crippen LogP contribution in [0, 0.1) is 11.8 Å². The average Bonchev–Trinajstić information content (AvgIpc) is 3.50. The molecule has 1 aliphatic rings. The summed E-state index contributed by atoms with van der Waals surface area (Å²) < 4.78 is 39.7. The first kappa shape index (κ1) is 30.7. The van der Waals surface area contributed by atoms with Gasteiger partial charge in [-0.2, -0.15) is 0 Å². The van der Waals surface area contributed by atoms with Crippen LogP contribution in [0.15, 0.2) is 66.9 Å². The summed E-state index contributed by atoms with van der Waals surface area (Å²) >= 11 is 0. The van der Waals surface area contributed by atoms with Crippen LogP contribution in [0.2, 0.25) is 25.7 Å². The number of fused-ring (bicyclic) bond motifs is 1. The van der Waals surface area contributed by atoms with Gasteiger partial charge >= 0.3 is 0 Å². The normalized spacial score (nSPS) is 18.0. The van der Waals surface area contributed by atoms with Crippen molar-refractivity contribution in [2.24, 2.45) is 11.8 Å². The lowest BCUT2D eigenvalue weighted by Crippen LogP contribution is -2.22. The van der Waals surface area contributed by atoms with Gasteiger partial charge in [-0.15, -0.1) is 0 Å². The molecule has 5 rings (SSSR count). The summed E-state index contributed by atoms with van der Waals surface area (Å²) in [6, 6.07) is 20.0. The molecule has 2 aromatic heterocycles. The zero-order chi connectivity index (χ0) is 30.6. The number of ether oxygens (including phenoxy) is 4. The highest BCUT2D eigenvalue weighted by Crippen LogP contribution is 2.44. The first-order valence-electron chi connectivity index (χ1n) is 14.6. The summed E-state index contributed by atoms with van der Waals surface area (Å²) in [4.78, 5) is 17.8. The molecule has 0 aliphatic heterocycles. The number of nitrogens with zero attached hydrogens (tertiary/aromatic N) is 2. The number of alkyl halides is 1. The maximum absolute atomic E-state index is 14.6. The van der Waals surface area contributed by atoms with E-state index >= 15 is 0 Å². The Hall–Kier alpha value is -3.73. The summed E-state index contributed by atoms with van der Waals surface area (Å²) in [6.07, 6.45) is 0.726. The molecule has 0 bridgehead atoms. The van der Waals surface area contributed by atoms with E-state index in [2.05, 4.69) is 25.0 Å². The number of rotatable bonds is 14. The fourth-order valence-corrected chi connectivity index (χ4v) is 5.91. The van der Waals surface area contributed by atoms with Gasteiger partial charge in [-0.3, -0.25) is 4.79 Å². The van der Waals surface area contributed by atoms with E-state index in [0.717, 1.165) is 28.1 Å². The Morgan fingerprint density at radius 1 is 0.977 bits per heavy atom. The number of halogens is 1. The van der Waals surface area contributed by atoms with Crippen molar-refractivity contribution in [3.05, 3.63) is 72.4 Å². The highest BCUT2D eigenvalue weighted by molar-refractivity contribution is 6.76. The molecule has 1 amide bonds. The van der Waals surface area contributed by atoms with Crippen LogP contribution in [0.4, 0.5) is 10.2 Å². The molecule has 8 nitrogen and oxygen atoms in total. The molecule has 2 heterocycles. The maximum Gasteiger partial charge on any atom is 0.232 e. The Kier molecular flexibility index (Phi) is 9.48. The van der Waals surface area contributed by atoms with E-state index in [-0.39, 0.29) is 6.61 Å². The lowest BCUT2D eigenvalue weighted by molar-refractivity contribution is -0.118.